The number of rotatable bonds is 12. The topological polar surface area (TPSA) is 68.2 Å². The van der Waals surface area contributed by atoms with Gasteiger partial charge < -0.3 is 19.3 Å². The molecule has 0 spiro atoms. The lowest BCUT2D eigenvalue weighted by Crippen LogP contribution is -2.39. The van der Waals surface area contributed by atoms with Crippen LogP contribution in [0, 0.1) is 0 Å². The molecule has 1 aliphatic heterocycles. The molecule has 196 valence electrons. The predicted molar refractivity (Wildman–Crippen MR) is 144 cm³/mol. The first-order valence-electron chi connectivity index (χ1n) is 12.3. The molecular weight excluding hydrogens is 501 g/mol. The van der Waals surface area contributed by atoms with Crippen molar-refractivity contribution >= 4 is 35.2 Å². The standard InChI is InChI=1S/C28H35Cl2NO5/c1-4-35-28(33)13-11-24-23(8-5-9-27(24)34-3)19(2)36-18-22(32)17-31-14-6-7-21(31)15-20-10-12-25(29)26(30)16-20/h5,8-13,16,19,21-22,32H,4,6-7,14-15,17-18H2,1-3H3/b13-11+/t19-,21+,22-/m1/s1. The molecule has 0 radical (unpaired) electrons. The Hall–Kier alpha value is -2.09. The minimum Gasteiger partial charge on any atom is -0.496 e. The van der Waals surface area contributed by atoms with Gasteiger partial charge in [-0.1, -0.05) is 41.4 Å². The van der Waals surface area contributed by atoms with E-state index in [9.17, 15) is 9.90 Å². The monoisotopic (exact) mass is 535 g/mol. The number of nitrogens with zero attached hydrogens (tertiary/aromatic N) is 1. The van der Waals surface area contributed by atoms with E-state index < -0.39 is 12.1 Å². The van der Waals surface area contributed by atoms with Gasteiger partial charge in [0.1, 0.15) is 5.75 Å². The number of esters is 1. The molecule has 6 nitrogen and oxygen atoms in total. The van der Waals surface area contributed by atoms with Crippen LogP contribution in [0.15, 0.2) is 42.5 Å². The maximum Gasteiger partial charge on any atom is 0.330 e. The van der Waals surface area contributed by atoms with Crippen molar-refractivity contribution in [2.24, 2.45) is 0 Å². The lowest BCUT2D eigenvalue weighted by atomic mass is 10.0. The highest BCUT2D eigenvalue weighted by Gasteiger charge is 2.27. The van der Waals surface area contributed by atoms with E-state index in [4.69, 9.17) is 37.4 Å². The third-order valence-electron chi connectivity index (χ3n) is 6.37. The molecule has 2 aromatic rings. The van der Waals surface area contributed by atoms with E-state index in [1.807, 2.05) is 43.3 Å². The number of carbonyl (C=O) groups is 1. The molecule has 0 saturated carbocycles. The second kappa shape index (κ2) is 14.0. The Morgan fingerprint density at radius 2 is 2.06 bits per heavy atom. The fourth-order valence-corrected chi connectivity index (χ4v) is 4.91. The minimum atomic E-state index is -0.633. The highest BCUT2D eigenvalue weighted by Crippen LogP contribution is 2.31. The average molecular weight is 536 g/mol. The zero-order valence-corrected chi connectivity index (χ0v) is 22.6. The molecule has 2 aromatic carbocycles. The summed E-state index contributed by atoms with van der Waals surface area (Å²) >= 11 is 12.2. The van der Waals surface area contributed by atoms with E-state index in [0.717, 1.165) is 42.5 Å². The molecule has 1 heterocycles. The van der Waals surface area contributed by atoms with Gasteiger partial charge in [0.25, 0.3) is 0 Å². The third-order valence-corrected chi connectivity index (χ3v) is 7.11. The first kappa shape index (κ1) is 28.5. The van der Waals surface area contributed by atoms with Crippen LogP contribution in [0.3, 0.4) is 0 Å². The van der Waals surface area contributed by atoms with Crippen LogP contribution in [-0.2, 0) is 20.7 Å². The number of β-amino-alcohol motifs (C(OH)–C–C–N with tert-alkyl or cyclic N) is 1. The summed E-state index contributed by atoms with van der Waals surface area (Å²) in [5, 5.41) is 11.9. The molecule has 36 heavy (non-hydrogen) atoms. The summed E-state index contributed by atoms with van der Waals surface area (Å²) < 4.78 is 16.5. The quantitative estimate of drug-likeness (QED) is 0.276. The first-order valence-corrected chi connectivity index (χ1v) is 13.1. The van der Waals surface area contributed by atoms with Crippen molar-refractivity contribution in [1.29, 1.82) is 0 Å². The summed E-state index contributed by atoms with van der Waals surface area (Å²) in [5.41, 5.74) is 2.75. The molecule has 0 bridgehead atoms. The molecular formula is C28H35Cl2NO5. The Morgan fingerprint density at radius 1 is 1.25 bits per heavy atom. The zero-order chi connectivity index (χ0) is 26.1. The van der Waals surface area contributed by atoms with Crippen molar-refractivity contribution in [3.8, 4) is 5.75 Å². The van der Waals surface area contributed by atoms with Crippen LogP contribution >= 0.6 is 23.2 Å². The first-order chi connectivity index (χ1) is 17.3. The molecule has 8 heteroatoms. The molecule has 1 N–H and O–H groups in total. The summed E-state index contributed by atoms with van der Waals surface area (Å²) in [4.78, 5) is 14.1. The van der Waals surface area contributed by atoms with Crippen LogP contribution in [0.2, 0.25) is 10.0 Å². The Kier molecular flexibility index (Phi) is 11.1. The molecule has 3 atom stereocenters. The Labute approximate surface area is 223 Å². The van der Waals surface area contributed by atoms with Crippen molar-refractivity contribution in [3.63, 3.8) is 0 Å². The molecule has 0 amide bonds. The highest BCUT2D eigenvalue weighted by atomic mass is 35.5. The largest absolute Gasteiger partial charge is 0.496 e. The van der Waals surface area contributed by atoms with Gasteiger partial charge in [-0.05, 0) is 75.1 Å². The lowest BCUT2D eigenvalue weighted by Gasteiger charge is -2.28. The Morgan fingerprint density at radius 3 is 2.78 bits per heavy atom. The van der Waals surface area contributed by atoms with Crippen LogP contribution in [0.5, 0.6) is 5.75 Å². The molecule has 1 saturated heterocycles. The van der Waals surface area contributed by atoms with Crippen LogP contribution in [-0.4, -0.2) is 61.5 Å². The van der Waals surface area contributed by atoms with Gasteiger partial charge in [0, 0.05) is 24.2 Å². The maximum atomic E-state index is 11.8. The fraction of sp³-hybridized carbons (Fsp3) is 0.464. The van der Waals surface area contributed by atoms with Crippen molar-refractivity contribution in [1.82, 2.24) is 4.90 Å². The van der Waals surface area contributed by atoms with Crippen LogP contribution < -0.4 is 4.74 Å². The molecule has 3 rings (SSSR count). The summed E-state index contributed by atoms with van der Waals surface area (Å²) in [7, 11) is 1.58. The number of aliphatic hydroxyl groups excluding tert-OH is 1. The third kappa shape index (κ3) is 7.95. The van der Waals surface area contributed by atoms with E-state index in [2.05, 4.69) is 4.90 Å². The SMILES string of the molecule is CCOC(=O)/C=C/c1c(OC)cccc1[C@@H](C)OC[C@H](O)CN1CCC[C@H]1Cc1ccc(Cl)c(Cl)c1. The molecule has 0 aromatic heterocycles. The van der Waals surface area contributed by atoms with Gasteiger partial charge in [0.2, 0.25) is 0 Å². The van der Waals surface area contributed by atoms with Crippen molar-refractivity contribution < 1.29 is 24.1 Å². The van der Waals surface area contributed by atoms with Gasteiger partial charge in [0.05, 0.1) is 42.6 Å². The molecule has 0 aliphatic carbocycles. The van der Waals surface area contributed by atoms with Crippen molar-refractivity contribution in [2.75, 3.05) is 33.4 Å². The van der Waals surface area contributed by atoms with Crippen molar-refractivity contribution in [2.45, 2.75) is 51.4 Å². The highest BCUT2D eigenvalue weighted by molar-refractivity contribution is 6.42. The van der Waals surface area contributed by atoms with Gasteiger partial charge in [-0.3, -0.25) is 4.90 Å². The number of ether oxygens (including phenoxy) is 3. The van der Waals surface area contributed by atoms with Gasteiger partial charge in [-0.2, -0.15) is 0 Å². The second-order valence-electron chi connectivity index (χ2n) is 8.92. The van der Waals surface area contributed by atoms with E-state index in [1.54, 1.807) is 20.1 Å². The summed E-state index contributed by atoms with van der Waals surface area (Å²) in [5.74, 6) is 0.214. The molecule has 0 unspecified atom stereocenters. The molecule has 1 aliphatic rings. The number of halogens is 2. The number of methoxy groups -OCH3 is 1. The van der Waals surface area contributed by atoms with Crippen LogP contribution in [0.4, 0.5) is 0 Å². The number of aliphatic hydroxyl groups is 1. The van der Waals surface area contributed by atoms with Gasteiger partial charge >= 0.3 is 5.97 Å². The van der Waals surface area contributed by atoms with Gasteiger partial charge in [-0.15, -0.1) is 0 Å². The maximum absolute atomic E-state index is 11.8. The number of likely N-dealkylation sites (tertiary alicyclic amines) is 1. The van der Waals surface area contributed by atoms with Crippen LogP contribution in [0.25, 0.3) is 6.08 Å². The lowest BCUT2D eigenvalue weighted by molar-refractivity contribution is -0.137. The van der Waals surface area contributed by atoms with Gasteiger partial charge in [-0.25, -0.2) is 4.79 Å². The van der Waals surface area contributed by atoms with Crippen molar-refractivity contribution in [3.05, 3.63) is 69.2 Å². The fourth-order valence-electron chi connectivity index (χ4n) is 4.59. The Bertz CT molecular complexity index is 1040. The summed E-state index contributed by atoms with van der Waals surface area (Å²) in [6.07, 6.45) is 5.14. The average Bonchev–Trinajstić information content (AvgIpc) is 3.29. The number of hydrogen-bond acceptors (Lipinski definition) is 6. The minimum absolute atomic E-state index is 0.190. The number of carbonyl (C=O) groups excluding carboxylic acids is 1. The van der Waals surface area contributed by atoms with E-state index in [-0.39, 0.29) is 12.7 Å². The summed E-state index contributed by atoms with van der Waals surface area (Å²) in [6.45, 7) is 5.66. The second-order valence-corrected chi connectivity index (χ2v) is 9.74. The zero-order valence-electron chi connectivity index (χ0n) is 21.1. The number of hydrogen-bond donors (Lipinski definition) is 1. The normalized spacial score (nSPS) is 17.9. The predicted octanol–water partition coefficient (Wildman–Crippen LogP) is 5.72. The summed E-state index contributed by atoms with van der Waals surface area (Å²) in [6, 6.07) is 11.7. The van der Waals surface area contributed by atoms with E-state index in [0.29, 0.717) is 35.0 Å². The Balaban J connectivity index is 1.59. The number of benzene rings is 2. The van der Waals surface area contributed by atoms with Gasteiger partial charge in [0.15, 0.2) is 0 Å². The molecule has 1 fully saturated rings. The van der Waals surface area contributed by atoms with Crippen LogP contribution in [0.1, 0.15) is 49.5 Å². The van der Waals surface area contributed by atoms with E-state index in [1.165, 1.54) is 6.08 Å². The smallest absolute Gasteiger partial charge is 0.330 e. The van der Waals surface area contributed by atoms with E-state index >= 15 is 0 Å².